The lowest BCUT2D eigenvalue weighted by molar-refractivity contribution is 1.18. The molecule has 0 aliphatic carbocycles. The van der Waals surface area contributed by atoms with Crippen LogP contribution >= 0.6 is 0 Å². The summed E-state index contributed by atoms with van der Waals surface area (Å²) in [5.74, 6) is 0. The van der Waals surface area contributed by atoms with Crippen LogP contribution in [-0.4, -0.2) is 4.57 Å². The zero-order valence-corrected chi connectivity index (χ0v) is 32.8. The molecule has 0 atom stereocenters. The van der Waals surface area contributed by atoms with Gasteiger partial charge in [0.25, 0.3) is 0 Å². The van der Waals surface area contributed by atoms with Gasteiger partial charge in [0.05, 0.1) is 11.0 Å². The number of hydrogen-bond acceptors (Lipinski definition) is 1. The average Bonchev–Trinajstić information content (AvgIpc) is 3.67. The first-order valence-corrected chi connectivity index (χ1v) is 20.7. The van der Waals surface area contributed by atoms with Gasteiger partial charge in [0.15, 0.2) is 0 Å². The quantitative estimate of drug-likeness (QED) is 0.121. The van der Waals surface area contributed by atoms with Crippen molar-refractivity contribution in [3.05, 3.63) is 231 Å². The molecule has 2 nitrogen and oxygen atoms in total. The molecule has 12 aromatic rings. The standard InChI is InChI=1S/C58H38N2/c1-5-17-39(18-6-1)42-33-43(40-19-7-2-8-20-40)35-47(34-42)60-56-28-16-15-27-51(56)58-52-38-55-50-31-30-46(59(44-21-9-3-10-22-44)45-23-11-4-12-24-45)37-54(50)49-26-14-13-25-48(49)53(55)36-41(52)29-32-57(58)60/h1-38H. The van der Waals surface area contributed by atoms with Crippen LogP contribution in [0.25, 0.3) is 92.8 Å². The number of aromatic nitrogens is 1. The van der Waals surface area contributed by atoms with E-state index in [4.69, 9.17) is 0 Å². The third-order valence-electron chi connectivity index (χ3n) is 12.3. The molecule has 2 heteroatoms. The van der Waals surface area contributed by atoms with Crippen LogP contribution in [0.2, 0.25) is 0 Å². The van der Waals surface area contributed by atoms with Gasteiger partial charge in [-0.05, 0) is 144 Å². The minimum Gasteiger partial charge on any atom is -0.310 e. The van der Waals surface area contributed by atoms with E-state index >= 15 is 0 Å². The van der Waals surface area contributed by atoms with Gasteiger partial charge < -0.3 is 9.47 Å². The van der Waals surface area contributed by atoms with Crippen molar-refractivity contribution in [3.63, 3.8) is 0 Å². The lowest BCUT2D eigenvalue weighted by Crippen LogP contribution is -2.09. The monoisotopic (exact) mass is 762 g/mol. The Labute approximate surface area is 348 Å². The first kappa shape index (κ1) is 34.1. The summed E-state index contributed by atoms with van der Waals surface area (Å²) >= 11 is 0. The molecular weight excluding hydrogens is 725 g/mol. The molecule has 0 unspecified atom stereocenters. The summed E-state index contributed by atoms with van der Waals surface area (Å²) in [4.78, 5) is 2.35. The van der Waals surface area contributed by atoms with Crippen molar-refractivity contribution in [2.45, 2.75) is 0 Å². The molecule has 11 aromatic carbocycles. The maximum atomic E-state index is 2.47. The summed E-state index contributed by atoms with van der Waals surface area (Å²) in [5.41, 5.74) is 11.7. The zero-order chi connectivity index (χ0) is 39.6. The Morgan fingerprint density at radius 1 is 0.267 bits per heavy atom. The van der Waals surface area contributed by atoms with Crippen LogP contribution in [0.5, 0.6) is 0 Å². The second-order valence-corrected chi connectivity index (χ2v) is 15.7. The molecule has 12 rings (SSSR count). The van der Waals surface area contributed by atoms with Crippen LogP contribution in [0.15, 0.2) is 231 Å². The van der Waals surface area contributed by atoms with Crippen LogP contribution < -0.4 is 4.90 Å². The zero-order valence-electron chi connectivity index (χ0n) is 32.8. The van der Waals surface area contributed by atoms with E-state index in [1.807, 2.05) is 0 Å². The van der Waals surface area contributed by atoms with Crippen molar-refractivity contribution >= 4 is 82.0 Å². The van der Waals surface area contributed by atoms with Crippen molar-refractivity contribution in [1.29, 1.82) is 0 Å². The summed E-state index contributed by atoms with van der Waals surface area (Å²) < 4.78 is 2.47. The highest BCUT2D eigenvalue weighted by molar-refractivity contribution is 6.31. The summed E-state index contributed by atoms with van der Waals surface area (Å²) in [7, 11) is 0. The molecule has 0 spiro atoms. The Kier molecular flexibility index (Phi) is 7.89. The Morgan fingerprint density at radius 3 is 1.38 bits per heavy atom. The molecule has 60 heavy (non-hydrogen) atoms. The maximum absolute atomic E-state index is 2.47. The largest absolute Gasteiger partial charge is 0.310 e. The molecule has 0 N–H and O–H groups in total. The average molecular weight is 763 g/mol. The lowest BCUT2D eigenvalue weighted by Gasteiger charge is -2.26. The van der Waals surface area contributed by atoms with Crippen molar-refractivity contribution in [1.82, 2.24) is 4.57 Å². The van der Waals surface area contributed by atoms with Gasteiger partial charge in [-0.3, -0.25) is 0 Å². The van der Waals surface area contributed by atoms with Crippen LogP contribution in [0.4, 0.5) is 17.1 Å². The first-order chi connectivity index (χ1) is 29.8. The highest BCUT2D eigenvalue weighted by atomic mass is 15.1. The van der Waals surface area contributed by atoms with Gasteiger partial charge in [-0.2, -0.15) is 0 Å². The topological polar surface area (TPSA) is 8.17 Å². The Morgan fingerprint density at radius 2 is 0.767 bits per heavy atom. The number of benzene rings is 11. The van der Waals surface area contributed by atoms with Crippen molar-refractivity contribution in [3.8, 4) is 27.9 Å². The molecule has 0 radical (unpaired) electrons. The molecule has 0 saturated carbocycles. The van der Waals surface area contributed by atoms with Crippen molar-refractivity contribution in [2.75, 3.05) is 4.90 Å². The molecule has 0 fully saturated rings. The van der Waals surface area contributed by atoms with Gasteiger partial charge in [0, 0.05) is 33.5 Å². The third kappa shape index (κ3) is 5.50. The molecule has 280 valence electrons. The van der Waals surface area contributed by atoms with E-state index in [1.54, 1.807) is 0 Å². The van der Waals surface area contributed by atoms with Crippen LogP contribution in [-0.2, 0) is 0 Å². The predicted molar refractivity (Wildman–Crippen MR) is 256 cm³/mol. The SMILES string of the molecule is c1ccc(-c2cc(-c3ccccc3)cc(-n3c4ccccc4c4c5cc6c7ccc(N(c8ccccc8)c8ccccc8)cc7c7ccccc7c6cc5ccc43)c2)cc1. The smallest absolute Gasteiger partial charge is 0.0547 e. The van der Waals surface area contributed by atoms with E-state index in [0.29, 0.717) is 0 Å². The molecule has 0 aliphatic heterocycles. The summed E-state index contributed by atoms with van der Waals surface area (Å²) in [6, 6.07) is 84.2. The second-order valence-electron chi connectivity index (χ2n) is 15.7. The minimum atomic E-state index is 1.13. The van der Waals surface area contributed by atoms with Gasteiger partial charge >= 0.3 is 0 Å². The second kappa shape index (κ2) is 13.9. The van der Waals surface area contributed by atoms with Crippen LogP contribution in [0.1, 0.15) is 0 Å². The molecule has 0 saturated heterocycles. The number of fused-ring (bicyclic) bond motifs is 11. The number of para-hydroxylation sites is 3. The van der Waals surface area contributed by atoms with Crippen LogP contribution in [0.3, 0.4) is 0 Å². The Hall–Kier alpha value is -7.94. The highest BCUT2D eigenvalue weighted by Crippen LogP contribution is 2.45. The van der Waals surface area contributed by atoms with Gasteiger partial charge in [0.2, 0.25) is 0 Å². The molecule has 0 bridgehead atoms. The summed E-state index contributed by atoms with van der Waals surface area (Å²) in [6.45, 7) is 0. The third-order valence-corrected chi connectivity index (χ3v) is 12.3. The van der Waals surface area contributed by atoms with Gasteiger partial charge in [-0.25, -0.2) is 0 Å². The highest BCUT2D eigenvalue weighted by Gasteiger charge is 2.20. The predicted octanol–water partition coefficient (Wildman–Crippen LogP) is 16.2. The van der Waals surface area contributed by atoms with E-state index in [2.05, 4.69) is 240 Å². The maximum Gasteiger partial charge on any atom is 0.0547 e. The van der Waals surface area contributed by atoms with E-state index < -0.39 is 0 Å². The van der Waals surface area contributed by atoms with Gasteiger partial charge in [0.1, 0.15) is 0 Å². The van der Waals surface area contributed by atoms with Gasteiger partial charge in [-0.15, -0.1) is 0 Å². The fraction of sp³-hybridized carbons (Fsp3) is 0. The fourth-order valence-corrected chi connectivity index (χ4v) is 9.58. The van der Waals surface area contributed by atoms with Gasteiger partial charge in [-0.1, -0.05) is 152 Å². The van der Waals surface area contributed by atoms with E-state index in [-0.39, 0.29) is 0 Å². The molecule has 0 aliphatic rings. The van der Waals surface area contributed by atoms with E-state index in [9.17, 15) is 0 Å². The number of rotatable bonds is 6. The number of anilines is 3. The van der Waals surface area contributed by atoms with Crippen molar-refractivity contribution in [2.24, 2.45) is 0 Å². The Bertz CT molecular complexity index is 3470. The first-order valence-electron chi connectivity index (χ1n) is 20.7. The van der Waals surface area contributed by atoms with Crippen LogP contribution in [0, 0.1) is 0 Å². The minimum absolute atomic E-state index is 1.13. The molecular formula is C58H38N2. The van der Waals surface area contributed by atoms with Crippen molar-refractivity contribution < 1.29 is 0 Å². The number of nitrogens with zero attached hydrogens (tertiary/aromatic N) is 2. The Balaban J connectivity index is 1.13. The summed E-state index contributed by atoms with van der Waals surface area (Å²) in [5, 5.41) is 12.6. The lowest BCUT2D eigenvalue weighted by atomic mass is 9.91. The molecule has 1 heterocycles. The van der Waals surface area contributed by atoms with E-state index in [1.165, 1.54) is 87.1 Å². The number of hydrogen-bond donors (Lipinski definition) is 0. The normalized spacial score (nSPS) is 11.7. The molecule has 1 aromatic heterocycles. The molecule has 0 amide bonds. The summed E-state index contributed by atoms with van der Waals surface area (Å²) in [6.07, 6.45) is 0. The fourth-order valence-electron chi connectivity index (χ4n) is 9.58. The van der Waals surface area contributed by atoms with E-state index in [0.717, 1.165) is 22.7 Å².